The number of rotatable bonds is 5. The fourth-order valence-electron chi connectivity index (χ4n) is 3.66. The van der Waals surface area contributed by atoms with Crippen LogP contribution in [0.15, 0.2) is 42.5 Å². The van der Waals surface area contributed by atoms with Crippen LogP contribution in [0.2, 0.25) is 5.02 Å². The summed E-state index contributed by atoms with van der Waals surface area (Å²) in [5, 5.41) is 0.772. The van der Waals surface area contributed by atoms with Gasteiger partial charge in [0.05, 0.1) is 0 Å². The second-order valence-corrected chi connectivity index (χ2v) is 7.31. The van der Waals surface area contributed by atoms with Crippen LogP contribution in [-0.4, -0.2) is 43.5 Å². The van der Waals surface area contributed by atoms with Crippen molar-refractivity contribution in [3.05, 3.63) is 58.6 Å². The molecule has 1 saturated heterocycles. The van der Waals surface area contributed by atoms with Gasteiger partial charge in [-0.3, -0.25) is 4.79 Å². The quantitative estimate of drug-likeness (QED) is 0.679. The van der Waals surface area contributed by atoms with Crippen LogP contribution in [0.25, 0.3) is 0 Å². The monoisotopic (exact) mass is 407 g/mol. The number of carbonyl (C=O) groups is 1. The Labute approximate surface area is 170 Å². The Kier molecular flexibility index (Phi) is 6.64. The Morgan fingerprint density at radius 1 is 1.07 bits per heavy atom. The number of ether oxygens (including phenoxy) is 2. The lowest BCUT2D eigenvalue weighted by molar-refractivity contribution is 0.0967. The molecule has 0 spiro atoms. The van der Waals surface area contributed by atoms with Gasteiger partial charge in [0.2, 0.25) is 0 Å². The molecule has 2 aromatic rings. The van der Waals surface area contributed by atoms with Crippen molar-refractivity contribution < 1.29 is 14.3 Å². The van der Waals surface area contributed by atoms with E-state index in [4.69, 9.17) is 21.1 Å². The molecule has 144 valence electrons. The molecule has 0 amide bonds. The van der Waals surface area contributed by atoms with Crippen molar-refractivity contribution in [1.29, 1.82) is 0 Å². The molecular formula is C21H23Cl2NO3. The lowest BCUT2D eigenvalue weighted by Gasteiger charge is -2.19. The summed E-state index contributed by atoms with van der Waals surface area (Å²) in [4.78, 5) is 14.9. The molecule has 0 bridgehead atoms. The van der Waals surface area contributed by atoms with E-state index in [1.165, 1.54) is 5.56 Å². The minimum atomic E-state index is 0. The van der Waals surface area contributed by atoms with Gasteiger partial charge in [0, 0.05) is 30.1 Å². The van der Waals surface area contributed by atoms with Crippen molar-refractivity contribution in [3.63, 3.8) is 0 Å². The number of nitrogens with zero attached hydrogens (tertiary/aromatic N) is 1. The Morgan fingerprint density at radius 3 is 2.59 bits per heavy atom. The van der Waals surface area contributed by atoms with E-state index < -0.39 is 0 Å². The molecule has 2 aliphatic heterocycles. The summed E-state index contributed by atoms with van der Waals surface area (Å²) in [6.07, 6.45) is 1.65. The molecule has 0 radical (unpaired) electrons. The number of halogens is 2. The Bertz CT molecular complexity index is 795. The highest BCUT2D eigenvalue weighted by molar-refractivity contribution is 6.30. The minimum Gasteiger partial charge on any atom is -0.486 e. The maximum Gasteiger partial charge on any atom is 0.164 e. The number of likely N-dealkylation sites (tertiary alicyclic amines) is 1. The van der Waals surface area contributed by atoms with E-state index in [9.17, 15) is 4.79 Å². The highest BCUT2D eigenvalue weighted by atomic mass is 35.5. The summed E-state index contributed by atoms with van der Waals surface area (Å²) in [5.74, 6) is 2.07. The van der Waals surface area contributed by atoms with Crippen LogP contribution in [0.1, 0.15) is 34.7 Å². The second-order valence-electron chi connectivity index (χ2n) is 6.87. The molecule has 0 aliphatic carbocycles. The predicted molar refractivity (Wildman–Crippen MR) is 109 cm³/mol. The molecule has 2 heterocycles. The second kappa shape index (κ2) is 8.96. The van der Waals surface area contributed by atoms with E-state index in [-0.39, 0.29) is 18.2 Å². The van der Waals surface area contributed by atoms with Gasteiger partial charge in [-0.15, -0.1) is 12.4 Å². The van der Waals surface area contributed by atoms with Crippen LogP contribution < -0.4 is 9.47 Å². The first-order valence-corrected chi connectivity index (χ1v) is 9.47. The van der Waals surface area contributed by atoms with Crippen molar-refractivity contribution in [2.45, 2.75) is 18.8 Å². The maximum absolute atomic E-state index is 12.5. The van der Waals surface area contributed by atoms with Gasteiger partial charge in [0.25, 0.3) is 0 Å². The summed E-state index contributed by atoms with van der Waals surface area (Å²) in [6.45, 7) is 3.91. The fourth-order valence-corrected chi connectivity index (χ4v) is 3.79. The first-order valence-electron chi connectivity index (χ1n) is 9.10. The maximum atomic E-state index is 12.5. The minimum absolute atomic E-state index is 0. The molecule has 27 heavy (non-hydrogen) atoms. The predicted octanol–water partition coefficient (Wildman–Crippen LogP) is 4.60. The number of hydrogen-bond acceptors (Lipinski definition) is 4. The highest BCUT2D eigenvalue weighted by Crippen LogP contribution is 2.31. The van der Waals surface area contributed by atoms with Gasteiger partial charge >= 0.3 is 0 Å². The number of benzene rings is 2. The van der Waals surface area contributed by atoms with E-state index in [0.29, 0.717) is 36.9 Å². The molecule has 6 heteroatoms. The number of Topliss-reactive ketones (excluding diaryl/α,β-unsaturated/α-hetero) is 1. The first-order chi connectivity index (χ1) is 12.7. The van der Waals surface area contributed by atoms with Crippen molar-refractivity contribution in [2.24, 2.45) is 0 Å². The van der Waals surface area contributed by atoms with Crippen molar-refractivity contribution >= 4 is 29.8 Å². The van der Waals surface area contributed by atoms with E-state index in [0.717, 1.165) is 36.8 Å². The largest absolute Gasteiger partial charge is 0.486 e. The van der Waals surface area contributed by atoms with Crippen molar-refractivity contribution in [3.8, 4) is 11.5 Å². The van der Waals surface area contributed by atoms with Gasteiger partial charge in [0.1, 0.15) is 13.2 Å². The molecule has 1 unspecified atom stereocenters. The SMILES string of the molecule is Cl.O=C(CCN1CCC(c2ccc(Cl)cc2)C1)c1ccc2c(c1)OCCO2. The van der Waals surface area contributed by atoms with Crippen LogP contribution in [0.5, 0.6) is 11.5 Å². The van der Waals surface area contributed by atoms with Crippen LogP contribution >= 0.6 is 24.0 Å². The van der Waals surface area contributed by atoms with E-state index in [1.807, 2.05) is 24.3 Å². The summed E-state index contributed by atoms with van der Waals surface area (Å²) in [7, 11) is 0. The average molecular weight is 408 g/mol. The molecule has 4 rings (SSSR count). The van der Waals surface area contributed by atoms with Crippen molar-refractivity contribution in [1.82, 2.24) is 4.90 Å². The zero-order valence-corrected chi connectivity index (χ0v) is 16.6. The number of hydrogen-bond donors (Lipinski definition) is 0. The van der Waals surface area contributed by atoms with Gasteiger partial charge in [-0.25, -0.2) is 0 Å². The molecule has 2 aromatic carbocycles. The Hall–Kier alpha value is -1.75. The number of ketones is 1. The normalized spacial score (nSPS) is 18.8. The third-order valence-corrected chi connectivity index (χ3v) is 5.39. The van der Waals surface area contributed by atoms with E-state index in [2.05, 4.69) is 17.0 Å². The van der Waals surface area contributed by atoms with Crippen LogP contribution in [-0.2, 0) is 0 Å². The Balaban J connectivity index is 0.00000210. The Morgan fingerprint density at radius 2 is 1.81 bits per heavy atom. The van der Waals surface area contributed by atoms with Crippen LogP contribution in [0.4, 0.5) is 0 Å². The average Bonchev–Trinajstić information content (AvgIpc) is 3.15. The number of fused-ring (bicyclic) bond motifs is 1. The summed E-state index contributed by atoms with van der Waals surface area (Å²) in [6, 6.07) is 13.6. The number of carbonyl (C=O) groups excluding carboxylic acids is 1. The van der Waals surface area contributed by atoms with Crippen molar-refractivity contribution in [2.75, 3.05) is 32.8 Å². The topological polar surface area (TPSA) is 38.8 Å². The lowest BCUT2D eigenvalue weighted by atomic mass is 9.99. The summed E-state index contributed by atoms with van der Waals surface area (Å²) >= 11 is 5.97. The van der Waals surface area contributed by atoms with Gasteiger partial charge in [-0.1, -0.05) is 23.7 Å². The van der Waals surface area contributed by atoms with E-state index >= 15 is 0 Å². The zero-order chi connectivity index (χ0) is 17.9. The summed E-state index contributed by atoms with van der Waals surface area (Å²) < 4.78 is 11.1. The molecular weight excluding hydrogens is 385 g/mol. The molecule has 2 aliphatic rings. The highest BCUT2D eigenvalue weighted by Gasteiger charge is 2.24. The van der Waals surface area contributed by atoms with Gasteiger partial charge in [-0.2, -0.15) is 0 Å². The molecule has 4 nitrogen and oxygen atoms in total. The van der Waals surface area contributed by atoms with Gasteiger partial charge in [-0.05, 0) is 54.8 Å². The molecule has 0 N–H and O–H groups in total. The molecule has 1 fully saturated rings. The fraction of sp³-hybridized carbons (Fsp3) is 0.381. The molecule has 0 saturated carbocycles. The van der Waals surface area contributed by atoms with Crippen LogP contribution in [0.3, 0.4) is 0 Å². The smallest absolute Gasteiger partial charge is 0.164 e. The zero-order valence-electron chi connectivity index (χ0n) is 15.0. The lowest BCUT2D eigenvalue weighted by Crippen LogP contribution is -2.23. The first kappa shape index (κ1) is 20.0. The third-order valence-electron chi connectivity index (χ3n) is 5.13. The molecule has 1 atom stereocenters. The van der Waals surface area contributed by atoms with Crippen LogP contribution in [0, 0.1) is 0 Å². The van der Waals surface area contributed by atoms with E-state index in [1.54, 1.807) is 6.07 Å². The van der Waals surface area contributed by atoms with Gasteiger partial charge < -0.3 is 14.4 Å². The molecule has 0 aromatic heterocycles. The standard InChI is InChI=1S/C21H22ClNO3.ClH/c22-18-4-1-15(2-5-18)17-7-9-23(14-17)10-8-19(24)16-3-6-20-21(13-16)26-12-11-25-20;/h1-6,13,17H,7-12,14H2;1H. The third kappa shape index (κ3) is 4.75. The van der Waals surface area contributed by atoms with Gasteiger partial charge in [0.15, 0.2) is 17.3 Å². The summed E-state index contributed by atoms with van der Waals surface area (Å²) in [5.41, 5.74) is 2.03.